The van der Waals surface area contributed by atoms with Crippen molar-refractivity contribution in [3.63, 3.8) is 0 Å². The third kappa shape index (κ3) is 4.77. The lowest BCUT2D eigenvalue weighted by Crippen LogP contribution is -2.40. The first-order chi connectivity index (χ1) is 15.8. The maximum Gasteiger partial charge on any atom is 0.338 e. The minimum atomic E-state index is -3.78. The smallest absolute Gasteiger partial charge is 0.338 e. The molecule has 1 saturated heterocycles. The number of aryl methyl sites for hydroxylation is 1. The summed E-state index contributed by atoms with van der Waals surface area (Å²) in [5.41, 5.74) is 0.809. The Labute approximate surface area is 190 Å². The molecule has 1 fully saturated rings. The van der Waals surface area contributed by atoms with Gasteiger partial charge in [-0.2, -0.15) is 4.31 Å². The van der Waals surface area contributed by atoms with E-state index in [1.165, 1.54) is 29.6 Å². The first-order valence-electron chi connectivity index (χ1n) is 10.3. The van der Waals surface area contributed by atoms with Gasteiger partial charge in [0, 0.05) is 36.2 Å². The molecule has 0 aliphatic carbocycles. The van der Waals surface area contributed by atoms with Gasteiger partial charge >= 0.3 is 11.6 Å². The van der Waals surface area contributed by atoms with Crippen LogP contribution in [0.1, 0.15) is 21.5 Å². The zero-order chi connectivity index (χ0) is 23.6. The van der Waals surface area contributed by atoms with Crippen molar-refractivity contribution in [2.75, 3.05) is 33.4 Å². The third-order valence-corrected chi connectivity index (χ3v) is 7.45. The van der Waals surface area contributed by atoms with Crippen molar-refractivity contribution in [2.45, 2.75) is 18.4 Å². The van der Waals surface area contributed by atoms with Gasteiger partial charge < -0.3 is 18.6 Å². The number of nitrogens with zero attached hydrogens (tertiary/aromatic N) is 1. The zero-order valence-corrected chi connectivity index (χ0v) is 19.0. The Bertz CT molecular complexity index is 1360. The van der Waals surface area contributed by atoms with Gasteiger partial charge in [-0.1, -0.05) is 6.07 Å². The van der Waals surface area contributed by atoms with E-state index in [9.17, 15) is 18.0 Å². The maximum atomic E-state index is 13.1. The Morgan fingerprint density at radius 2 is 1.85 bits per heavy atom. The normalized spacial score (nSPS) is 14.8. The van der Waals surface area contributed by atoms with Crippen LogP contribution in [0.3, 0.4) is 0 Å². The number of morpholine rings is 1. The molecule has 1 aliphatic heterocycles. The summed E-state index contributed by atoms with van der Waals surface area (Å²) < 4.78 is 48.5. The second-order valence-corrected chi connectivity index (χ2v) is 9.43. The molecule has 3 aromatic rings. The Morgan fingerprint density at radius 3 is 2.58 bits per heavy atom. The molecule has 2 heterocycles. The van der Waals surface area contributed by atoms with Gasteiger partial charge in [0.05, 0.1) is 30.8 Å². The lowest BCUT2D eigenvalue weighted by molar-refractivity contribution is 0.0473. The molecule has 0 spiro atoms. The number of carbonyl (C=O) groups is 1. The van der Waals surface area contributed by atoms with Crippen LogP contribution in [-0.4, -0.2) is 52.1 Å². The fraction of sp³-hybridized carbons (Fsp3) is 0.304. The summed E-state index contributed by atoms with van der Waals surface area (Å²) in [4.78, 5) is 24.7. The van der Waals surface area contributed by atoms with E-state index in [2.05, 4.69) is 0 Å². The number of rotatable bonds is 6. The van der Waals surface area contributed by atoms with Crippen LogP contribution in [0, 0.1) is 6.92 Å². The van der Waals surface area contributed by atoms with Gasteiger partial charge in [-0.25, -0.2) is 18.0 Å². The van der Waals surface area contributed by atoms with Gasteiger partial charge in [-0.15, -0.1) is 0 Å². The molecule has 9 nitrogen and oxygen atoms in total. The van der Waals surface area contributed by atoms with E-state index in [0.717, 1.165) is 0 Å². The molecule has 0 saturated carbocycles. The van der Waals surface area contributed by atoms with Crippen LogP contribution < -0.4 is 10.4 Å². The predicted molar refractivity (Wildman–Crippen MR) is 119 cm³/mol. The Hall–Kier alpha value is -3.21. The van der Waals surface area contributed by atoms with Crippen molar-refractivity contribution in [1.82, 2.24) is 4.31 Å². The molecule has 174 valence electrons. The summed E-state index contributed by atoms with van der Waals surface area (Å²) in [6, 6.07) is 10.7. The molecule has 1 aromatic heterocycles. The van der Waals surface area contributed by atoms with Gasteiger partial charge in [0.1, 0.15) is 17.9 Å². The highest BCUT2D eigenvalue weighted by Gasteiger charge is 2.28. The molecular formula is C23H23NO8S. The average molecular weight is 474 g/mol. The number of sulfonamides is 1. The van der Waals surface area contributed by atoms with Crippen LogP contribution in [0.5, 0.6) is 5.75 Å². The molecule has 2 aromatic carbocycles. The first kappa shape index (κ1) is 23.0. The minimum absolute atomic E-state index is 0.0525. The molecule has 0 atom stereocenters. The van der Waals surface area contributed by atoms with E-state index in [-0.39, 0.29) is 30.2 Å². The number of esters is 1. The summed E-state index contributed by atoms with van der Waals surface area (Å²) in [7, 11) is -2.28. The fourth-order valence-electron chi connectivity index (χ4n) is 3.61. The average Bonchev–Trinajstić information content (AvgIpc) is 2.82. The van der Waals surface area contributed by atoms with Crippen molar-refractivity contribution in [2.24, 2.45) is 0 Å². The van der Waals surface area contributed by atoms with Crippen molar-refractivity contribution in [3.8, 4) is 5.75 Å². The molecule has 0 amide bonds. The van der Waals surface area contributed by atoms with Crippen LogP contribution in [0.2, 0.25) is 0 Å². The van der Waals surface area contributed by atoms with Crippen LogP contribution >= 0.6 is 0 Å². The SMILES string of the molecule is COc1ccc2c(COC(=O)c3ccc(C)c(S(=O)(=O)N4CCOCC4)c3)cc(=O)oc2c1. The maximum absolute atomic E-state index is 13.1. The number of fused-ring (bicyclic) bond motifs is 1. The number of hydrogen-bond donors (Lipinski definition) is 0. The van der Waals surface area contributed by atoms with E-state index in [1.54, 1.807) is 31.2 Å². The fourth-order valence-corrected chi connectivity index (χ4v) is 5.27. The minimum Gasteiger partial charge on any atom is -0.497 e. The van der Waals surface area contributed by atoms with E-state index in [0.29, 0.717) is 41.1 Å². The monoisotopic (exact) mass is 473 g/mol. The highest BCUT2D eigenvalue weighted by molar-refractivity contribution is 7.89. The summed E-state index contributed by atoms with van der Waals surface area (Å²) >= 11 is 0. The van der Waals surface area contributed by atoms with Crippen LogP contribution in [0.15, 0.2) is 56.6 Å². The molecule has 0 bridgehead atoms. The van der Waals surface area contributed by atoms with Crippen molar-refractivity contribution in [3.05, 3.63) is 69.6 Å². The summed E-state index contributed by atoms with van der Waals surface area (Å²) in [6.07, 6.45) is 0. The molecule has 0 radical (unpaired) electrons. The highest BCUT2D eigenvalue weighted by atomic mass is 32.2. The lowest BCUT2D eigenvalue weighted by Gasteiger charge is -2.26. The molecule has 33 heavy (non-hydrogen) atoms. The summed E-state index contributed by atoms with van der Waals surface area (Å²) in [5.74, 6) is -0.184. The number of carbonyl (C=O) groups excluding carboxylic acids is 1. The van der Waals surface area contributed by atoms with Crippen LogP contribution in [-0.2, 0) is 26.1 Å². The number of methoxy groups -OCH3 is 1. The third-order valence-electron chi connectivity index (χ3n) is 5.41. The molecule has 10 heteroatoms. The van der Waals surface area contributed by atoms with Crippen molar-refractivity contribution >= 4 is 27.0 Å². The Kier molecular flexibility index (Phi) is 6.50. The lowest BCUT2D eigenvalue weighted by atomic mass is 10.1. The summed E-state index contributed by atoms with van der Waals surface area (Å²) in [5, 5.41) is 0.600. The first-order valence-corrected chi connectivity index (χ1v) is 11.7. The Morgan fingerprint density at radius 1 is 1.09 bits per heavy atom. The largest absolute Gasteiger partial charge is 0.497 e. The van der Waals surface area contributed by atoms with E-state index in [1.807, 2.05) is 0 Å². The standard InChI is InChI=1S/C23H23NO8S/c1-15-3-4-16(11-21(15)33(27,28)24-7-9-30-10-8-24)23(26)31-14-17-12-22(25)32-20-13-18(29-2)5-6-19(17)20/h3-6,11-13H,7-10,14H2,1-2H3. The van der Waals surface area contributed by atoms with E-state index >= 15 is 0 Å². The number of benzene rings is 2. The molecular weight excluding hydrogens is 450 g/mol. The topological polar surface area (TPSA) is 112 Å². The molecule has 0 unspecified atom stereocenters. The van der Waals surface area contributed by atoms with Gasteiger partial charge in [0.15, 0.2) is 0 Å². The zero-order valence-electron chi connectivity index (χ0n) is 18.2. The van der Waals surface area contributed by atoms with Gasteiger partial charge in [0.25, 0.3) is 0 Å². The predicted octanol–water partition coefficient (Wildman–Crippen LogP) is 2.49. The molecule has 0 N–H and O–H groups in total. The van der Waals surface area contributed by atoms with Crippen molar-refractivity contribution < 1.29 is 31.8 Å². The van der Waals surface area contributed by atoms with Gasteiger partial charge in [-0.05, 0) is 36.8 Å². The summed E-state index contributed by atoms with van der Waals surface area (Å²) in [6.45, 7) is 2.64. The second-order valence-electron chi connectivity index (χ2n) is 7.53. The van der Waals surface area contributed by atoms with E-state index < -0.39 is 21.6 Å². The van der Waals surface area contributed by atoms with E-state index in [4.69, 9.17) is 18.6 Å². The van der Waals surface area contributed by atoms with Crippen LogP contribution in [0.4, 0.5) is 0 Å². The molecule has 4 rings (SSSR count). The number of ether oxygens (including phenoxy) is 3. The molecule has 1 aliphatic rings. The quantitative estimate of drug-likeness (QED) is 0.396. The second kappa shape index (κ2) is 9.34. The van der Waals surface area contributed by atoms with Gasteiger partial charge in [-0.3, -0.25) is 0 Å². The van der Waals surface area contributed by atoms with Crippen LogP contribution in [0.25, 0.3) is 11.0 Å². The van der Waals surface area contributed by atoms with Gasteiger partial charge in [0.2, 0.25) is 10.0 Å². The number of hydrogen-bond acceptors (Lipinski definition) is 8. The van der Waals surface area contributed by atoms with Crippen molar-refractivity contribution in [1.29, 1.82) is 0 Å². The Balaban J connectivity index is 1.58. The highest BCUT2D eigenvalue weighted by Crippen LogP contribution is 2.25.